The van der Waals surface area contributed by atoms with Crippen LogP contribution in [0.15, 0.2) is 48.5 Å². The topological polar surface area (TPSA) is 110 Å². The van der Waals surface area contributed by atoms with E-state index in [1.54, 1.807) is 19.1 Å². The lowest BCUT2D eigenvalue weighted by atomic mass is 9.96. The first-order valence-corrected chi connectivity index (χ1v) is 13.8. The third kappa shape index (κ3) is 7.19. The molecule has 0 fully saturated rings. The maximum absolute atomic E-state index is 9.65. The molecule has 0 aromatic heterocycles. The predicted molar refractivity (Wildman–Crippen MR) is 155 cm³/mol. The Kier molecular flexibility index (Phi) is 10.2. The Hall–Kier alpha value is -3.01. The minimum absolute atomic E-state index is 0.00336. The lowest BCUT2D eigenvalue weighted by Gasteiger charge is -2.27. The number of hydrogen-bond donors (Lipinski definition) is 4. The third-order valence-electron chi connectivity index (χ3n) is 7.04. The zero-order valence-electron chi connectivity index (χ0n) is 23.2. The summed E-state index contributed by atoms with van der Waals surface area (Å²) in [5, 5.41) is 32.3. The second kappa shape index (κ2) is 13.6. The van der Waals surface area contributed by atoms with Crippen molar-refractivity contribution in [3.8, 4) is 34.1 Å². The molecule has 0 unspecified atom stereocenters. The minimum atomic E-state index is -0.864. The quantitative estimate of drug-likeness (QED) is 0.237. The van der Waals surface area contributed by atoms with E-state index in [-0.39, 0.29) is 25.7 Å². The molecule has 0 saturated heterocycles. The smallest absolute Gasteiger partial charge is 0.161 e. The summed E-state index contributed by atoms with van der Waals surface area (Å²) in [6.45, 7) is 7.18. The highest BCUT2D eigenvalue weighted by Gasteiger charge is 2.23. The van der Waals surface area contributed by atoms with Gasteiger partial charge in [-0.3, -0.25) is 0 Å². The van der Waals surface area contributed by atoms with Gasteiger partial charge in [0.1, 0.15) is 31.3 Å². The molecule has 4 rings (SSSR count). The molecule has 1 aliphatic heterocycles. The molecule has 0 radical (unpaired) electrons. The molecule has 216 valence electrons. The van der Waals surface area contributed by atoms with E-state index in [1.807, 2.05) is 37.3 Å². The highest BCUT2D eigenvalue weighted by Crippen LogP contribution is 2.37. The number of ether oxygens (including phenoxy) is 4. The first kappa shape index (κ1) is 30.0. The fraction of sp³-hybridized carbons (Fsp3) is 0.419. The van der Waals surface area contributed by atoms with Crippen LogP contribution in [0.3, 0.4) is 0 Å². The van der Waals surface area contributed by atoms with Gasteiger partial charge in [-0.1, -0.05) is 42.8 Å². The van der Waals surface area contributed by atoms with Crippen molar-refractivity contribution in [2.24, 2.45) is 5.92 Å². The van der Waals surface area contributed by atoms with Gasteiger partial charge in [0.25, 0.3) is 0 Å². The minimum Gasteiger partial charge on any atom is -0.493 e. The summed E-state index contributed by atoms with van der Waals surface area (Å²) in [4.78, 5) is 0. The van der Waals surface area contributed by atoms with Gasteiger partial charge in [-0.15, -0.1) is 0 Å². The number of fused-ring (bicyclic) bond motifs is 1. The van der Waals surface area contributed by atoms with E-state index in [0.717, 1.165) is 39.3 Å². The molecule has 0 amide bonds. The van der Waals surface area contributed by atoms with E-state index < -0.39 is 5.54 Å². The Morgan fingerprint density at radius 3 is 2.42 bits per heavy atom. The summed E-state index contributed by atoms with van der Waals surface area (Å²) in [6, 6.07) is 15.6. The molecule has 3 aromatic carbocycles. The van der Waals surface area contributed by atoms with Crippen LogP contribution in [0.25, 0.3) is 11.1 Å². The zero-order chi connectivity index (χ0) is 28.7. The molecular weight excluding hydrogens is 534 g/mol. The summed E-state index contributed by atoms with van der Waals surface area (Å²) < 4.78 is 23.7. The monoisotopic (exact) mass is 571 g/mol. The van der Waals surface area contributed by atoms with Crippen LogP contribution < -0.4 is 24.3 Å². The molecule has 0 saturated carbocycles. The number of aliphatic hydroxyl groups is 3. The van der Waals surface area contributed by atoms with Crippen molar-refractivity contribution in [3.63, 3.8) is 0 Å². The maximum Gasteiger partial charge on any atom is 0.161 e. The van der Waals surface area contributed by atoms with Crippen LogP contribution in [-0.4, -0.2) is 60.5 Å². The van der Waals surface area contributed by atoms with Crippen LogP contribution in [-0.2, 0) is 13.2 Å². The maximum atomic E-state index is 9.65. The van der Waals surface area contributed by atoms with Crippen LogP contribution in [0.2, 0.25) is 5.02 Å². The van der Waals surface area contributed by atoms with Gasteiger partial charge in [-0.25, -0.2) is 0 Å². The summed E-state index contributed by atoms with van der Waals surface area (Å²) in [7, 11) is 0. The lowest BCUT2D eigenvalue weighted by molar-refractivity contribution is 0.102. The Labute approximate surface area is 240 Å². The molecule has 0 spiro atoms. The van der Waals surface area contributed by atoms with Gasteiger partial charge < -0.3 is 39.6 Å². The number of aliphatic hydroxyl groups excluding tert-OH is 3. The fourth-order valence-electron chi connectivity index (χ4n) is 4.23. The van der Waals surface area contributed by atoms with E-state index in [4.69, 9.17) is 30.5 Å². The van der Waals surface area contributed by atoms with Gasteiger partial charge in [-0.2, -0.15) is 0 Å². The van der Waals surface area contributed by atoms with E-state index in [9.17, 15) is 15.3 Å². The van der Waals surface area contributed by atoms with Gasteiger partial charge in [0, 0.05) is 30.7 Å². The van der Waals surface area contributed by atoms with Gasteiger partial charge in [-0.05, 0) is 54.3 Å². The zero-order valence-corrected chi connectivity index (χ0v) is 24.0. The standard InChI is InChI=1S/C31H38ClNO7/c1-20(15-34)16-39-28-13-29(26(32)11-24(28)14-33-31(3,18-35)19-36)40-17-23-5-4-6-25(21(23)2)22-7-8-27-30(12-22)38-10-9-37-27/h4-8,11-13,20,33-36H,9-10,14-19H2,1-3H3/t20-/m0/s1. The normalized spacial score (nSPS) is 13.7. The van der Waals surface area contributed by atoms with Crippen molar-refractivity contribution >= 4 is 11.6 Å². The predicted octanol–water partition coefficient (Wildman–Crippen LogP) is 4.51. The molecule has 1 aliphatic rings. The second-order valence-electron chi connectivity index (χ2n) is 10.5. The lowest BCUT2D eigenvalue weighted by Crippen LogP contribution is -2.48. The molecule has 3 aromatic rings. The van der Waals surface area contributed by atoms with Crippen molar-refractivity contribution < 1.29 is 34.3 Å². The largest absolute Gasteiger partial charge is 0.493 e. The van der Waals surface area contributed by atoms with Gasteiger partial charge in [0.2, 0.25) is 0 Å². The number of halogens is 1. The SMILES string of the molecule is Cc1c(COc2cc(OC[C@@H](C)CO)c(CNC(C)(CO)CO)cc2Cl)cccc1-c1ccc2c(c1)OCCO2. The van der Waals surface area contributed by atoms with Crippen LogP contribution in [0.4, 0.5) is 0 Å². The number of rotatable bonds is 13. The fourth-order valence-corrected chi connectivity index (χ4v) is 4.47. The first-order valence-electron chi connectivity index (χ1n) is 13.4. The van der Waals surface area contributed by atoms with Gasteiger partial charge in [0.05, 0.1) is 30.4 Å². The molecule has 0 bridgehead atoms. The van der Waals surface area contributed by atoms with Crippen molar-refractivity contribution in [3.05, 3.63) is 70.2 Å². The van der Waals surface area contributed by atoms with E-state index in [2.05, 4.69) is 18.3 Å². The molecule has 40 heavy (non-hydrogen) atoms. The summed E-state index contributed by atoms with van der Waals surface area (Å²) in [5.41, 5.74) is 4.07. The molecule has 4 N–H and O–H groups in total. The van der Waals surface area contributed by atoms with Crippen molar-refractivity contribution in [1.29, 1.82) is 0 Å². The van der Waals surface area contributed by atoms with Crippen LogP contribution in [0, 0.1) is 12.8 Å². The Balaban J connectivity index is 1.55. The summed E-state index contributed by atoms with van der Waals surface area (Å²) >= 11 is 6.64. The average Bonchev–Trinajstić information content (AvgIpc) is 2.98. The molecular formula is C31H38ClNO7. The molecule has 8 nitrogen and oxygen atoms in total. The third-order valence-corrected chi connectivity index (χ3v) is 7.33. The van der Waals surface area contributed by atoms with Gasteiger partial charge in [0.15, 0.2) is 11.5 Å². The highest BCUT2D eigenvalue weighted by molar-refractivity contribution is 6.32. The number of nitrogens with one attached hydrogen (secondary N) is 1. The van der Waals surface area contributed by atoms with Crippen molar-refractivity contribution in [1.82, 2.24) is 5.32 Å². The van der Waals surface area contributed by atoms with E-state index >= 15 is 0 Å². The molecule has 0 aliphatic carbocycles. The van der Waals surface area contributed by atoms with Crippen molar-refractivity contribution in [2.75, 3.05) is 39.6 Å². The average molecular weight is 572 g/mol. The summed E-state index contributed by atoms with van der Waals surface area (Å²) in [6.07, 6.45) is 0. The Morgan fingerprint density at radius 2 is 1.70 bits per heavy atom. The van der Waals surface area contributed by atoms with Crippen LogP contribution in [0.5, 0.6) is 23.0 Å². The number of hydrogen-bond acceptors (Lipinski definition) is 8. The van der Waals surface area contributed by atoms with Crippen molar-refractivity contribution in [2.45, 2.75) is 39.5 Å². The van der Waals surface area contributed by atoms with E-state index in [1.165, 1.54) is 0 Å². The molecule has 1 heterocycles. The molecule has 9 heteroatoms. The molecule has 1 atom stereocenters. The Bertz CT molecular complexity index is 1290. The van der Waals surface area contributed by atoms with Crippen LogP contribution >= 0.6 is 11.6 Å². The van der Waals surface area contributed by atoms with Gasteiger partial charge >= 0.3 is 0 Å². The second-order valence-corrected chi connectivity index (χ2v) is 10.9. The first-order chi connectivity index (χ1) is 19.3. The highest BCUT2D eigenvalue weighted by atomic mass is 35.5. The number of benzene rings is 3. The van der Waals surface area contributed by atoms with Crippen LogP contribution in [0.1, 0.15) is 30.5 Å². The van der Waals surface area contributed by atoms with E-state index in [0.29, 0.717) is 49.5 Å². The summed E-state index contributed by atoms with van der Waals surface area (Å²) in [5.74, 6) is 2.45. The Morgan fingerprint density at radius 1 is 0.950 bits per heavy atom.